The predicted molar refractivity (Wildman–Crippen MR) is 102 cm³/mol. The maximum absolute atomic E-state index is 5.52. The number of morpholine rings is 1. The Labute approximate surface area is 151 Å². The van der Waals surface area contributed by atoms with Gasteiger partial charge >= 0.3 is 0 Å². The van der Waals surface area contributed by atoms with Crippen molar-refractivity contribution in [1.82, 2.24) is 15.5 Å². The number of hydrogen-bond acceptors (Lipinski definition) is 4. The Morgan fingerprint density at radius 3 is 2.92 bits per heavy atom. The van der Waals surface area contributed by atoms with Crippen molar-refractivity contribution < 1.29 is 9.47 Å². The number of rotatable bonds is 6. The van der Waals surface area contributed by atoms with Gasteiger partial charge in [0.1, 0.15) is 5.75 Å². The van der Waals surface area contributed by atoms with Gasteiger partial charge in [0, 0.05) is 44.3 Å². The largest absolute Gasteiger partial charge is 0.496 e. The highest BCUT2D eigenvalue weighted by atomic mass is 16.5. The summed E-state index contributed by atoms with van der Waals surface area (Å²) in [6, 6.07) is 7.11. The predicted octanol–water partition coefficient (Wildman–Crippen LogP) is 1.78. The van der Waals surface area contributed by atoms with Crippen LogP contribution in [0.3, 0.4) is 0 Å². The monoisotopic (exact) mass is 348 g/mol. The van der Waals surface area contributed by atoms with E-state index in [-0.39, 0.29) is 0 Å². The minimum atomic E-state index is 0.423. The third-order valence-corrected chi connectivity index (χ3v) is 4.66. The number of nitrogens with zero attached hydrogens (tertiary/aromatic N) is 2. The van der Waals surface area contributed by atoms with Crippen LogP contribution in [-0.4, -0.2) is 63.4 Å². The van der Waals surface area contributed by atoms with Gasteiger partial charge in [-0.15, -0.1) is 0 Å². The van der Waals surface area contributed by atoms with Crippen LogP contribution >= 0.6 is 0 Å². The third-order valence-electron chi connectivity index (χ3n) is 4.66. The minimum absolute atomic E-state index is 0.423. The molecule has 1 heterocycles. The molecule has 2 N–H and O–H groups in total. The molecule has 1 saturated heterocycles. The first-order valence-corrected chi connectivity index (χ1v) is 8.96. The molecule has 0 aliphatic carbocycles. The summed E-state index contributed by atoms with van der Waals surface area (Å²) in [5.41, 5.74) is 2.31. The van der Waals surface area contributed by atoms with Crippen LogP contribution < -0.4 is 15.4 Å². The maximum Gasteiger partial charge on any atom is 0.191 e. The van der Waals surface area contributed by atoms with E-state index in [0.717, 1.165) is 43.6 Å². The molecule has 140 valence electrons. The summed E-state index contributed by atoms with van der Waals surface area (Å²) in [7, 11) is 3.50. The maximum atomic E-state index is 5.52. The van der Waals surface area contributed by atoms with Gasteiger partial charge in [-0.1, -0.05) is 12.1 Å². The van der Waals surface area contributed by atoms with Gasteiger partial charge < -0.3 is 20.1 Å². The number of ether oxygens (including phenoxy) is 2. The summed E-state index contributed by atoms with van der Waals surface area (Å²) in [6.45, 7) is 10.6. The molecule has 6 heteroatoms. The summed E-state index contributed by atoms with van der Waals surface area (Å²) >= 11 is 0. The number of hydrogen-bond donors (Lipinski definition) is 2. The second kappa shape index (κ2) is 9.63. The first-order valence-electron chi connectivity index (χ1n) is 8.96. The average Bonchev–Trinajstić information content (AvgIpc) is 2.62. The molecule has 0 saturated carbocycles. The van der Waals surface area contributed by atoms with Crippen LogP contribution in [0.25, 0.3) is 0 Å². The summed E-state index contributed by atoms with van der Waals surface area (Å²) in [5.74, 6) is 1.70. The highest BCUT2D eigenvalue weighted by Crippen LogP contribution is 2.19. The van der Waals surface area contributed by atoms with E-state index in [1.807, 2.05) is 0 Å². The Morgan fingerprint density at radius 1 is 1.44 bits per heavy atom. The summed E-state index contributed by atoms with van der Waals surface area (Å²) in [5, 5.41) is 6.79. The van der Waals surface area contributed by atoms with Crippen molar-refractivity contribution in [3.63, 3.8) is 0 Å². The molecule has 2 unspecified atom stereocenters. The SMILES string of the molecule is CN=C(NCc1ccc(C)cc1OC)NCC(C)N1CCOCC1C. The van der Waals surface area contributed by atoms with E-state index in [9.17, 15) is 0 Å². The summed E-state index contributed by atoms with van der Waals surface area (Å²) in [6.07, 6.45) is 0. The van der Waals surface area contributed by atoms with Crippen molar-refractivity contribution in [3.05, 3.63) is 29.3 Å². The molecule has 25 heavy (non-hydrogen) atoms. The fourth-order valence-corrected chi connectivity index (χ4v) is 3.15. The lowest BCUT2D eigenvalue weighted by atomic mass is 10.1. The molecule has 1 aromatic rings. The topological polar surface area (TPSA) is 58.1 Å². The van der Waals surface area contributed by atoms with Gasteiger partial charge in [-0.05, 0) is 32.4 Å². The van der Waals surface area contributed by atoms with Crippen molar-refractivity contribution in [1.29, 1.82) is 0 Å². The molecule has 2 rings (SSSR count). The lowest BCUT2D eigenvalue weighted by molar-refractivity contribution is -0.0174. The van der Waals surface area contributed by atoms with Gasteiger partial charge in [0.2, 0.25) is 0 Å². The van der Waals surface area contributed by atoms with Crippen LogP contribution in [0.2, 0.25) is 0 Å². The number of methoxy groups -OCH3 is 1. The summed E-state index contributed by atoms with van der Waals surface area (Å²) in [4.78, 5) is 6.80. The number of benzene rings is 1. The molecule has 1 aliphatic rings. The van der Waals surface area contributed by atoms with Crippen LogP contribution in [0.15, 0.2) is 23.2 Å². The van der Waals surface area contributed by atoms with Crippen LogP contribution in [0.5, 0.6) is 5.75 Å². The van der Waals surface area contributed by atoms with Crippen LogP contribution in [-0.2, 0) is 11.3 Å². The van der Waals surface area contributed by atoms with E-state index in [1.54, 1.807) is 14.2 Å². The molecule has 0 spiro atoms. The Bertz CT molecular complexity index is 577. The Hall–Kier alpha value is -1.79. The second-order valence-corrected chi connectivity index (χ2v) is 6.63. The zero-order chi connectivity index (χ0) is 18.2. The fraction of sp³-hybridized carbons (Fsp3) is 0.632. The molecular weight excluding hydrogens is 316 g/mol. The number of aliphatic imine (C=N–C) groups is 1. The van der Waals surface area contributed by atoms with Crippen molar-refractivity contribution >= 4 is 5.96 Å². The molecule has 1 fully saturated rings. The van der Waals surface area contributed by atoms with Gasteiger partial charge in [-0.3, -0.25) is 9.89 Å². The first-order chi connectivity index (χ1) is 12.0. The van der Waals surface area contributed by atoms with Crippen molar-refractivity contribution in [2.75, 3.05) is 40.5 Å². The van der Waals surface area contributed by atoms with E-state index >= 15 is 0 Å². The van der Waals surface area contributed by atoms with Gasteiger partial charge in [0.05, 0.1) is 20.3 Å². The normalized spacial score (nSPS) is 20.2. The average molecular weight is 348 g/mol. The Morgan fingerprint density at radius 2 is 2.24 bits per heavy atom. The van der Waals surface area contributed by atoms with E-state index in [4.69, 9.17) is 9.47 Å². The van der Waals surface area contributed by atoms with Crippen LogP contribution in [0, 0.1) is 6.92 Å². The summed E-state index contributed by atoms with van der Waals surface area (Å²) < 4.78 is 11.0. The van der Waals surface area contributed by atoms with Crippen molar-refractivity contribution in [2.24, 2.45) is 4.99 Å². The lowest BCUT2D eigenvalue weighted by Gasteiger charge is -2.38. The Kier molecular flexibility index (Phi) is 7.52. The van der Waals surface area contributed by atoms with E-state index in [1.165, 1.54) is 5.56 Å². The van der Waals surface area contributed by atoms with Gasteiger partial charge in [0.15, 0.2) is 5.96 Å². The van der Waals surface area contributed by atoms with Crippen LogP contribution in [0.4, 0.5) is 0 Å². The second-order valence-electron chi connectivity index (χ2n) is 6.63. The molecular formula is C19H32N4O2. The van der Waals surface area contributed by atoms with E-state index in [2.05, 4.69) is 59.5 Å². The smallest absolute Gasteiger partial charge is 0.191 e. The van der Waals surface area contributed by atoms with Gasteiger partial charge in [-0.2, -0.15) is 0 Å². The molecule has 2 atom stereocenters. The number of aryl methyl sites for hydroxylation is 1. The first kappa shape index (κ1) is 19.5. The van der Waals surface area contributed by atoms with Gasteiger partial charge in [-0.25, -0.2) is 0 Å². The van der Waals surface area contributed by atoms with Crippen LogP contribution in [0.1, 0.15) is 25.0 Å². The van der Waals surface area contributed by atoms with E-state index in [0.29, 0.717) is 18.6 Å². The minimum Gasteiger partial charge on any atom is -0.496 e. The zero-order valence-corrected chi connectivity index (χ0v) is 16.1. The molecule has 0 radical (unpaired) electrons. The third kappa shape index (κ3) is 5.61. The molecule has 0 aromatic heterocycles. The van der Waals surface area contributed by atoms with Crippen molar-refractivity contribution in [2.45, 2.75) is 39.4 Å². The Balaban J connectivity index is 1.84. The zero-order valence-electron chi connectivity index (χ0n) is 16.1. The molecule has 0 bridgehead atoms. The van der Waals surface area contributed by atoms with Crippen molar-refractivity contribution in [3.8, 4) is 5.75 Å². The van der Waals surface area contributed by atoms with E-state index < -0.39 is 0 Å². The highest BCUT2D eigenvalue weighted by molar-refractivity contribution is 5.79. The highest BCUT2D eigenvalue weighted by Gasteiger charge is 2.23. The molecule has 1 aliphatic heterocycles. The number of guanidine groups is 1. The molecule has 6 nitrogen and oxygen atoms in total. The fourth-order valence-electron chi connectivity index (χ4n) is 3.15. The number of nitrogens with one attached hydrogen (secondary N) is 2. The standard InChI is InChI=1S/C19H32N4O2/c1-14-6-7-17(18(10-14)24-5)12-22-19(20-4)21-11-15(2)23-8-9-25-13-16(23)3/h6-7,10,15-16H,8-9,11-13H2,1-5H3,(H2,20,21,22). The van der Waals surface area contributed by atoms with Gasteiger partial charge in [0.25, 0.3) is 0 Å². The molecule has 0 amide bonds. The molecule has 1 aromatic carbocycles. The lowest BCUT2D eigenvalue weighted by Crippen LogP contribution is -2.52. The quantitative estimate of drug-likeness (QED) is 0.606.